The van der Waals surface area contributed by atoms with Gasteiger partial charge in [0.15, 0.2) is 0 Å². The number of carbonyl (C=O) groups excluding carboxylic acids is 1. The second kappa shape index (κ2) is 10.3. The molecule has 3 aromatic rings. The number of aromatic nitrogens is 1. The number of rotatable bonds is 9. The lowest BCUT2D eigenvalue weighted by Gasteiger charge is -2.19. The largest absolute Gasteiger partial charge is 0.458 e. The highest BCUT2D eigenvalue weighted by atomic mass is 35.5. The summed E-state index contributed by atoms with van der Waals surface area (Å²) < 4.78 is 26.8. The third kappa shape index (κ3) is 7.06. The molecule has 0 saturated carbocycles. The van der Waals surface area contributed by atoms with E-state index in [4.69, 9.17) is 21.1 Å². The Kier molecular flexibility index (Phi) is 7.70. The monoisotopic (exact) mass is 446 g/mol. The number of hydrogen-bond donors (Lipinski definition) is 1. The molecule has 3 rings (SSSR count). The van der Waals surface area contributed by atoms with E-state index in [9.17, 15) is 9.18 Å². The van der Waals surface area contributed by atoms with Crippen LogP contribution in [0.4, 0.5) is 4.39 Å². The normalized spacial score (nSPS) is 11.8. The number of fused-ring (bicyclic) bond motifs is 1. The Morgan fingerprint density at radius 1 is 1.16 bits per heavy atom. The van der Waals surface area contributed by atoms with E-state index in [1.807, 2.05) is 61.9 Å². The molecule has 0 aliphatic rings. The lowest BCUT2D eigenvalue weighted by Crippen LogP contribution is -2.27. The quantitative estimate of drug-likeness (QED) is 0.374. The van der Waals surface area contributed by atoms with Crippen molar-refractivity contribution in [3.05, 3.63) is 70.6 Å². The van der Waals surface area contributed by atoms with Crippen LogP contribution in [0, 0.1) is 5.82 Å². The Bertz CT molecular complexity index is 1030. The average Bonchev–Trinajstić information content (AvgIpc) is 3.07. The molecule has 0 spiro atoms. The average molecular weight is 447 g/mol. The summed E-state index contributed by atoms with van der Waals surface area (Å²) in [4.78, 5) is 11.6. The molecule has 0 radical (unpaired) electrons. The zero-order valence-electron chi connectivity index (χ0n) is 18.1. The number of hydrogen-bond acceptors (Lipinski definition) is 4. The first-order chi connectivity index (χ1) is 14.7. The van der Waals surface area contributed by atoms with Gasteiger partial charge in [0.2, 0.25) is 0 Å². The molecule has 1 aromatic heterocycles. The molecule has 166 valence electrons. The standard InChI is InChI=1S/C24H28ClFN2O3/c1-24(2,3)31-23(29)16-30-11-9-27-14-18-12-20(26)13-22-21(18)8-10-28(22)15-17-4-6-19(25)7-5-17/h4-8,10,12-13,27H,9,11,14-16H2,1-3H3. The molecule has 0 unspecified atom stereocenters. The molecule has 0 fully saturated rings. The van der Waals surface area contributed by atoms with Gasteiger partial charge in [-0.1, -0.05) is 23.7 Å². The first-order valence-corrected chi connectivity index (χ1v) is 10.6. The molecule has 31 heavy (non-hydrogen) atoms. The summed E-state index contributed by atoms with van der Waals surface area (Å²) in [6.45, 7) is 7.38. The Morgan fingerprint density at radius 3 is 2.61 bits per heavy atom. The lowest BCUT2D eigenvalue weighted by molar-refractivity contribution is -0.160. The van der Waals surface area contributed by atoms with Gasteiger partial charge in [-0.3, -0.25) is 0 Å². The maximum absolute atomic E-state index is 14.3. The van der Waals surface area contributed by atoms with Crippen LogP contribution in [0.15, 0.2) is 48.7 Å². The molecule has 0 saturated heterocycles. The molecule has 0 atom stereocenters. The van der Waals surface area contributed by atoms with Gasteiger partial charge in [0.1, 0.15) is 18.0 Å². The number of benzene rings is 2. The number of nitrogens with zero attached hydrogens (tertiary/aromatic N) is 1. The molecule has 0 amide bonds. The van der Waals surface area contributed by atoms with Crippen molar-refractivity contribution in [2.24, 2.45) is 0 Å². The van der Waals surface area contributed by atoms with Crippen LogP contribution in [0.25, 0.3) is 10.9 Å². The van der Waals surface area contributed by atoms with Gasteiger partial charge >= 0.3 is 5.97 Å². The number of carbonyl (C=O) groups is 1. The van der Waals surface area contributed by atoms with Gasteiger partial charge in [0.05, 0.1) is 12.1 Å². The molecule has 2 aromatic carbocycles. The molecule has 1 heterocycles. The van der Waals surface area contributed by atoms with E-state index in [0.717, 1.165) is 22.0 Å². The Morgan fingerprint density at radius 2 is 1.90 bits per heavy atom. The highest BCUT2D eigenvalue weighted by molar-refractivity contribution is 6.30. The summed E-state index contributed by atoms with van der Waals surface area (Å²) in [6.07, 6.45) is 1.96. The second-order valence-electron chi connectivity index (χ2n) is 8.38. The summed E-state index contributed by atoms with van der Waals surface area (Å²) in [5, 5.41) is 4.93. The van der Waals surface area contributed by atoms with Crippen LogP contribution >= 0.6 is 11.6 Å². The topological polar surface area (TPSA) is 52.5 Å². The van der Waals surface area contributed by atoms with Gasteiger partial charge < -0.3 is 19.4 Å². The molecule has 5 nitrogen and oxygen atoms in total. The first-order valence-electron chi connectivity index (χ1n) is 10.2. The smallest absolute Gasteiger partial charge is 0.332 e. The maximum atomic E-state index is 14.3. The molecule has 7 heteroatoms. The van der Waals surface area contributed by atoms with E-state index in [1.165, 1.54) is 0 Å². The predicted molar refractivity (Wildman–Crippen MR) is 121 cm³/mol. The minimum Gasteiger partial charge on any atom is -0.458 e. The van der Waals surface area contributed by atoms with Crippen molar-refractivity contribution in [2.45, 2.75) is 39.5 Å². The van der Waals surface area contributed by atoms with Crippen molar-refractivity contribution in [1.82, 2.24) is 9.88 Å². The lowest BCUT2D eigenvalue weighted by atomic mass is 10.1. The summed E-state index contributed by atoms with van der Waals surface area (Å²) in [6, 6.07) is 12.7. The van der Waals surface area contributed by atoms with Crippen LogP contribution in [-0.4, -0.2) is 35.9 Å². The third-order valence-electron chi connectivity index (χ3n) is 4.58. The van der Waals surface area contributed by atoms with Gasteiger partial charge in [-0.25, -0.2) is 9.18 Å². The summed E-state index contributed by atoms with van der Waals surface area (Å²) in [5.74, 6) is -0.664. The van der Waals surface area contributed by atoms with E-state index in [-0.39, 0.29) is 18.4 Å². The van der Waals surface area contributed by atoms with Crippen molar-refractivity contribution in [3.63, 3.8) is 0 Å². The van der Waals surface area contributed by atoms with E-state index in [1.54, 1.807) is 12.1 Å². The van der Waals surface area contributed by atoms with E-state index in [2.05, 4.69) is 5.32 Å². The Hall–Kier alpha value is -2.41. The molecular weight excluding hydrogens is 419 g/mol. The molecule has 0 aliphatic carbocycles. The van der Waals surface area contributed by atoms with Crippen LogP contribution in [0.3, 0.4) is 0 Å². The zero-order chi connectivity index (χ0) is 22.4. The maximum Gasteiger partial charge on any atom is 0.332 e. The molecular formula is C24H28ClFN2O3. The van der Waals surface area contributed by atoms with Gasteiger partial charge in [-0.15, -0.1) is 0 Å². The molecule has 0 bridgehead atoms. The van der Waals surface area contributed by atoms with Gasteiger partial charge in [0.25, 0.3) is 0 Å². The fourth-order valence-electron chi connectivity index (χ4n) is 3.30. The minimum absolute atomic E-state index is 0.0866. The molecule has 0 aliphatic heterocycles. The van der Waals surface area contributed by atoms with Crippen molar-refractivity contribution in [1.29, 1.82) is 0 Å². The van der Waals surface area contributed by atoms with Gasteiger partial charge in [0, 0.05) is 36.2 Å². The SMILES string of the molecule is CC(C)(C)OC(=O)COCCNCc1cc(F)cc2c1ccn2Cc1ccc(Cl)cc1. The Balaban J connectivity index is 1.55. The van der Waals surface area contributed by atoms with Crippen LogP contribution in [0.2, 0.25) is 5.02 Å². The zero-order valence-corrected chi connectivity index (χ0v) is 18.8. The fraction of sp³-hybridized carbons (Fsp3) is 0.375. The van der Waals surface area contributed by atoms with Crippen molar-refractivity contribution in [3.8, 4) is 0 Å². The van der Waals surface area contributed by atoms with E-state index >= 15 is 0 Å². The summed E-state index contributed by atoms with van der Waals surface area (Å²) in [7, 11) is 0. The van der Waals surface area contributed by atoms with E-state index in [0.29, 0.717) is 31.3 Å². The van der Waals surface area contributed by atoms with Crippen molar-refractivity contribution < 1.29 is 18.7 Å². The fourth-order valence-corrected chi connectivity index (χ4v) is 3.42. The van der Waals surface area contributed by atoms with Crippen LogP contribution in [-0.2, 0) is 27.4 Å². The minimum atomic E-state index is -0.522. The van der Waals surface area contributed by atoms with Gasteiger partial charge in [-0.2, -0.15) is 0 Å². The van der Waals surface area contributed by atoms with Crippen molar-refractivity contribution in [2.75, 3.05) is 19.8 Å². The molecule has 1 N–H and O–H groups in total. The predicted octanol–water partition coefficient (Wildman–Crippen LogP) is 4.93. The second-order valence-corrected chi connectivity index (χ2v) is 8.82. The van der Waals surface area contributed by atoms with E-state index < -0.39 is 5.60 Å². The van der Waals surface area contributed by atoms with Crippen LogP contribution < -0.4 is 5.32 Å². The van der Waals surface area contributed by atoms with Crippen molar-refractivity contribution >= 4 is 28.5 Å². The highest BCUT2D eigenvalue weighted by Gasteiger charge is 2.16. The number of ether oxygens (including phenoxy) is 2. The van der Waals surface area contributed by atoms with Gasteiger partial charge in [-0.05, 0) is 62.2 Å². The number of nitrogens with one attached hydrogen (secondary N) is 1. The number of esters is 1. The highest BCUT2D eigenvalue weighted by Crippen LogP contribution is 2.23. The third-order valence-corrected chi connectivity index (χ3v) is 4.84. The first kappa shape index (κ1) is 23.3. The summed E-state index contributed by atoms with van der Waals surface area (Å²) >= 11 is 5.96. The Labute approximate surface area is 187 Å². The summed E-state index contributed by atoms with van der Waals surface area (Å²) in [5.41, 5.74) is 2.28. The van der Waals surface area contributed by atoms with Crippen LogP contribution in [0.1, 0.15) is 31.9 Å². The van der Waals surface area contributed by atoms with Crippen LogP contribution in [0.5, 0.6) is 0 Å². The number of halogens is 2.